The van der Waals surface area contributed by atoms with Crippen LogP contribution in [-0.4, -0.2) is 19.1 Å². The third-order valence-corrected chi connectivity index (χ3v) is 4.29. The molecule has 0 heterocycles. The molecular weight excluding hydrogens is 252 g/mol. The van der Waals surface area contributed by atoms with Crippen molar-refractivity contribution in [1.82, 2.24) is 5.32 Å². The number of methoxy groups -OCH3 is 1. The van der Waals surface area contributed by atoms with E-state index in [4.69, 9.17) is 10.5 Å². The Morgan fingerprint density at radius 3 is 2.65 bits per heavy atom. The Morgan fingerprint density at radius 1 is 1.35 bits per heavy atom. The number of carbonyl (C=O) groups excluding carboxylic acids is 1. The number of benzene rings is 1. The smallest absolute Gasteiger partial charge is 0.253 e. The van der Waals surface area contributed by atoms with Crippen LogP contribution in [0.2, 0.25) is 0 Å². The van der Waals surface area contributed by atoms with Crippen LogP contribution < -0.4 is 15.8 Å². The van der Waals surface area contributed by atoms with Gasteiger partial charge in [-0.3, -0.25) is 4.79 Å². The van der Waals surface area contributed by atoms with Gasteiger partial charge in [-0.2, -0.15) is 0 Å². The summed E-state index contributed by atoms with van der Waals surface area (Å²) in [5, 5.41) is 3.10. The Morgan fingerprint density at radius 2 is 2.05 bits per heavy atom. The van der Waals surface area contributed by atoms with Crippen LogP contribution in [0.3, 0.4) is 0 Å². The Balaban J connectivity index is 1.99. The second-order valence-corrected chi connectivity index (χ2v) is 5.52. The lowest BCUT2D eigenvalue weighted by molar-refractivity contribution is 0.0922. The van der Waals surface area contributed by atoms with Crippen molar-refractivity contribution in [3.05, 3.63) is 23.8 Å². The summed E-state index contributed by atoms with van der Waals surface area (Å²) < 4.78 is 5.15. The Hall–Kier alpha value is -1.71. The average Bonchev–Trinajstić information content (AvgIpc) is 2.48. The monoisotopic (exact) mass is 276 g/mol. The number of rotatable bonds is 4. The molecule has 1 aromatic carbocycles. The van der Waals surface area contributed by atoms with Gasteiger partial charge in [0.05, 0.1) is 18.4 Å². The molecule has 0 unspecified atom stereocenters. The summed E-state index contributed by atoms with van der Waals surface area (Å²) in [6.07, 6.45) is 5.77. The van der Waals surface area contributed by atoms with Gasteiger partial charge in [-0.1, -0.05) is 19.4 Å². The second-order valence-electron chi connectivity index (χ2n) is 5.52. The minimum atomic E-state index is -0.0960. The van der Waals surface area contributed by atoms with Gasteiger partial charge in [0.2, 0.25) is 0 Å². The molecule has 0 atom stereocenters. The van der Waals surface area contributed by atoms with E-state index in [2.05, 4.69) is 12.2 Å². The number of amides is 1. The van der Waals surface area contributed by atoms with Crippen LogP contribution in [0.5, 0.6) is 5.75 Å². The lowest BCUT2D eigenvalue weighted by Crippen LogP contribution is -2.37. The van der Waals surface area contributed by atoms with Gasteiger partial charge in [-0.25, -0.2) is 0 Å². The third-order valence-electron chi connectivity index (χ3n) is 4.29. The highest BCUT2D eigenvalue weighted by Gasteiger charge is 2.22. The molecule has 2 rings (SSSR count). The molecule has 0 radical (unpaired) electrons. The van der Waals surface area contributed by atoms with Crippen LogP contribution in [0.1, 0.15) is 49.4 Å². The molecule has 1 saturated carbocycles. The fourth-order valence-corrected chi connectivity index (χ4v) is 2.90. The fraction of sp³-hybridized carbons (Fsp3) is 0.562. The summed E-state index contributed by atoms with van der Waals surface area (Å²) in [5.41, 5.74) is 6.87. The largest absolute Gasteiger partial charge is 0.495 e. The first-order valence-corrected chi connectivity index (χ1v) is 7.39. The average molecular weight is 276 g/mol. The zero-order valence-corrected chi connectivity index (χ0v) is 12.3. The molecule has 110 valence electrons. The summed E-state index contributed by atoms with van der Waals surface area (Å²) in [5.74, 6) is 1.28. The summed E-state index contributed by atoms with van der Waals surface area (Å²) in [7, 11) is 1.55. The highest BCUT2D eigenvalue weighted by atomic mass is 16.5. The molecule has 1 fully saturated rings. The number of nitrogens with one attached hydrogen (secondary N) is 1. The summed E-state index contributed by atoms with van der Waals surface area (Å²) in [6, 6.07) is 5.57. The SMILES string of the molecule is CCC1CCC(NC(=O)c2cccc(OC)c2N)CC1. The first kappa shape index (κ1) is 14.7. The Labute approximate surface area is 120 Å². The highest BCUT2D eigenvalue weighted by Crippen LogP contribution is 2.28. The normalized spacial score (nSPS) is 22.3. The summed E-state index contributed by atoms with van der Waals surface area (Å²) in [4.78, 5) is 12.3. The second kappa shape index (κ2) is 6.64. The van der Waals surface area contributed by atoms with Crippen LogP contribution in [0.4, 0.5) is 5.69 Å². The molecule has 4 nitrogen and oxygen atoms in total. The van der Waals surface area contributed by atoms with E-state index < -0.39 is 0 Å². The molecule has 0 bridgehead atoms. The summed E-state index contributed by atoms with van der Waals surface area (Å²) in [6.45, 7) is 2.24. The van der Waals surface area contributed by atoms with Crippen LogP contribution in [-0.2, 0) is 0 Å². The molecule has 3 N–H and O–H groups in total. The molecule has 1 aliphatic carbocycles. The van der Waals surface area contributed by atoms with Crippen LogP contribution >= 0.6 is 0 Å². The van der Waals surface area contributed by atoms with E-state index in [1.165, 1.54) is 19.3 Å². The first-order chi connectivity index (χ1) is 9.65. The van der Waals surface area contributed by atoms with E-state index in [9.17, 15) is 4.79 Å². The van der Waals surface area contributed by atoms with Crippen molar-refractivity contribution in [3.8, 4) is 5.75 Å². The number of anilines is 1. The van der Waals surface area contributed by atoms with Crippen molar-refractivity contribution in [3.63, 3.8) is 0 Å². The van der Waals surface area contributed by atoms with Crippen molar-refractivity contribution >= 4 is 11.6 Å². The quantitative estimate of drug-likeness (QED) is 0.831. The van der Waals surface area contributed by atoms with Crippen LogP contribution in [0.15, 0.2) is 18.2 Å². The molecule has 1 amide bonds. The standard InChI is InChI=1S/C16H24N2O2/c1-3-11-7-9-12(10-8-11)18-16(19)13-5-4-6-14(20-2)15(13)17/h4-6,11-12H,3,7-10,17H2,1-2H3,(H,18,19). The predicted octanol–water partition coefficient (Wildman–Crippen LogP) is 2.98. The van der Waals surface area contributed by atoms with Gasteiger partial charge in [0.15, 0.2) is 0 Å². The molecule has 20 heavy (non-hydrogen) atoms. The number of ether oxygens (including phenoxy) is 1. The van der Waals surface area contributed by atoms with E-state index in [1.807, 2.05) is 0 Å². The third kappa shape index (κ3) is 3.24. The van der Waals surface area contributed by atoms with Gasteiger partial charge >= 0.3 is 0 Å². The summed E-state index contributed by atoms with van der Waals surface area (Å²) >= 11 is 0. The van der Waals surface area contributed by atoms with E-state index in [0.717, 1.165) is 18.8 Å². The molecular formula is C16H24N2O2. The first-order valence-electron chi connectivity index (χ1n) is 7.39. The molecule has 0 aromatic heterocycles. The maximum absolute atomic E-state index is 12.3. The lowest BCUT2D eigenvalue weighted by Gasteiger charge is -2.28. The van der Waals surface area contributed by atoms with Gasteiger partial charge in [0.1, 0.15) is 5.75 Å². The molecule has 0 aliphatic heterocycles. The van der Waals surface area contributed by atoms with Crippen molar-refractivity contribution in [1.29, 1.82) is 0 Å². The van der Waals surface area contributed by atoms with E-state index in [-0.39, 0.29) is 11.9 Å². The Bertz CT molecular complexity index is 466. The highest BCUT2D eigenvalue weighted by molar-refractivity contribution is 6.00. The van der Waals surface area contributed by atoms with Crippen molar-refractivity contribution in [2.24, 2.45) is 5.92 Å². The fourth-order valence-electron chi connectivity index (χ4n) is 2.90. The van der Waals surface area contributed by atoms with Gasteiger partial charge < -0.3 is 15.8 Å². The maximum atomic E-state index is 12.3. The molecule has 4 heteroatoms. The topological polar surface area (TPSA) is 64.3 Å². The maximum Gasteiger partial charge on any atom is 0.253 e. The van der Waals surface area contributed by atoms with Crippen LogP contribution in [0.25, 0.3) is 0 Å². The van der Waals surface area contributed by atoms with Gasteiger partial charge in [-0.15, -0.1) is 0 Å². The molecule has 0 saturated heterocycles. The van der Waals surface area contributed by atoms with E-state index in [1.54, 1.807) is 25.3 Å². The van der Waals surface area contributed by atoms with Gasteiger partial charge in [0.25, 0.3) is 5.91 Å². The zero-order valence-electron chi connectivity index (χ0n) is 12.3. The minimum absolute atomic E-state index is 0.0960. The minimum Gasteiger partial charge on any atom is -0.495 e. The van der Waals surface area contributed by atoms with Crippen molar-refractivity contribution < 1.29 is 9.53 Å². The molecule has 1 aliphatic rings. The molecule has 1 aromatic rings. The van der Waals surface area contributed by atoms with E-state index in [0.29, 0.717) is 17.0 Å². The zero-order chi connectivity index (χ0) is 14.5. The molecule has 0 spiro atoms. The van der Waals surface area contributed by atoms with Crippen LogP contribution in [0, 0.1) is 5.92 Å². The number of hydrogen-bond donors (Lipinski definition) is 2. The number of nitrogen functional groups attached to an aromatic ring is 1. The predicted molar refractivity (Wildman–Crippen MR) is 80.9 cm³/mol. The number of nitrogens with two attached hydrogens (primary N) is 1. The number of hydrogen-bond acceptors (Lipinski definition) is 3. The van der Waals surface area contributed by atoms with Gasteiger partial charge in [-0.05, 0) is 43.7 Å². The van der Waals surface area contributed by atoms with Gasteiger partial charge in [0, 0.05) is 6.04 Å². The van der Waals surface area contributed by atoms with Crippen molar-refractivity contribution in [2.75, 3.05) is 12.8 Å². The number of carbonyl (C=O) groups is 1. The van der Waals surface area contributed by atoms with E-state index >= 15 is 0 Å². The lowest BCUT2D eigenvalue weighted by atomic mass is 9.84. The van der Waals surface area contributed by atoms with Crippen molar-refractivity contribution in [2.45, 2.75) is 45.1 Å². The number of para-hydroxylation sites is 1. The Kier molecular flexibility index (Phi) is 4.88.